The summed E-state index contributed by atoms with van der Waals surface area (Å²) in [7, 11) is 1.31. The van der Waals surface area contributed by atoms with Crippen LogP contribution in [0.2, 0.25) is 0 Å². The number of rotatable bonds is 2. The second-order valence-corrected chi connectivity index (χ2v) is 6.56. The molecule has 2 aliphatic rings. The van der Waals surface area contributed by atoms with Gasteiger partial charge in [0.15, 0.2) is 0 Å². The van der Waals surface area contributed by atoms with E-state index in [0.29, 0.717) is 16.9 Å². The van der Waals surface area contributed by atoms with Crippen LogP contribution < -0.4 is 0 Å². The number of amides is 5. The summed E-state index contributed by atoms with van der Waals surface area (Å²) in [6.07, 6.45) is 5.18. The van der Waals surface area contributed by atoms with Crippen molar-refractivity contribution in [1.29, 1.82) is 0 Å². The van der Waals surface area contributed by atoms with Gasteiger partial charge in [0.25, 0.3) is 11.8 Å². The van der Waals surface area contributed by atoms with Crippen molar-refractivity contribution in [2.45, 2.75) is 32.6 Å². The second kappa shape index (κ2) is 6.27. The lowest BCUT2D eigenvalue weighted by molar-refractivity contribution is -0.152. The predicted molar refractivity (Wildman–Crippen MR) is 90.4 cm³/mol. The van der Waals surface area contributed by atoms with Gasteiger partial charge in [0.1, 0.15) is 5.41 Å². The molecule has 0 N–H and O–H groups in total. The zero-order valence-corrected chi connectivity index (χ0v) is 14.3. The number of imide groups is 4. The zero-order valence-electron chi connectivity index (χ0n) is 14.3. The number of urea groups is 1. The minimum Gasteiger partial charge on any atom is -0.273 e. The molecule has 6 nitrogen and oxygen atoms in total. The molecule has 1 aromatic rings. The maximum Gasteiger partial charge on any atom is 0.340 e. The van der Waals surface area contributed by atoms with Gasteiger partial charge in [-0.2, -0.15) is 4.90 Å². The fourth-order valence-electron chi connectivity index (χ4n) is 3.43. The van der Waals surface area contributed by atoms with E-state index in [1.807, 2.05) is 6.08 Å². The van der Waals surface area contributed by atoms with Crippen LogP contribution in [0.5, 0.6) is 0 Å². The van der Waals surface area contributed by atoms with E-state index in [4.69, 9.17) is 0 Å². The van der Waals surface area contributed by atoms with Crippen LogP contribution in [0.4, 0.5) is 4.79 Å². The van der Waals surface area contributed by atoms with Crippen LogP contribution in [0, 0.1) is 5.41 Å². The first-order valence-electron chi connectivity index (χ1n) is 8.34. The third-order valence-corrected chi connectivity index (χ3v) is 5.00. The minimum atomic E-state index is -1.51. The van der Waals surface area contributed by atoms with Crippen LogP contribution in [0.15, 0.2) is 42.0 Å². The van der Waals surface area contributed by atoms with Gasteiger partial charge in [-0.05, 0) is 50.3 Å². The van der Waals surface area contributed by atoms with Crippen molar-refractivity contribution in [1.82, 2.24) is 9.80 Å². The van der Waals surface area contributed by atoms with Crippen LogP contribution in [0.25, 0.3) is 0 Å². The lowest BCUT2D eigenvalue weighted by Gasteiger charge is -2.42. The Hall–Kier alpha value is -2.76. The second-order valence-electron chi connectivity index (χ2n) is 6.56. The minimum absolute atomic E-state index is 0.229. The Morgan fingerprint density at radius 1 is 1.04 bits per heavy atom. The highest BCUT2D eigenvalue weighted by Gasteiger charge is 2.57. The van der Waals surface area contributed by atoms with Crippen LogP contribution in [-0.4, -0.2) is 40.6 Å². The molecule has 25 heavy (non-hydrogen) atoms. The molecule has 5 amide bonds. The first kappa shape index (κ1) is 17.1. The lowest BCUT2D eigenvalue weighted by Crippen LogP contribution is -2.65. The monoisotopic (exact) mass is 340 g/mol. The molecule has 0 radical (unpaired) electrons. The van der Waals surface area contributed by atoms with Crippen molar-refractivity contribution < 1.29 is 19.2 Å². The SMILES string of the molecule is CN1C(=O)N(C(=O)c2ccccc2)C(=O)[C@](C)(C2=CCCCC2)C1=O. The Balaban J connectivity index is 2.06. The number of hydrogen-bond donors (Lipinski definition) is 0. The van der Waals surface area contributed by atoms with Crippen molar-refractivity contribution in [3.63, 3.8) is 0 Å². The highest BCUT2D eigenvalue weighted by Crippen LogP contribution is 2.40. The van der Waals surface area contributed by atoms with Gasteiger partial charge in [0, 0.05) is 12.6 Å². The Morgan fingerprint density at radius 2 is 1.72 bits per heavy atom. The molecular weight excluding hydrogens is 320 g/mol. The summed E-state index contributed by atoms with van der Waals surface area (Å²) in [5.74, 6) is -2.05. The third kappa shape index (κ3) is 2.58. The standard InChI is InChI=1S/C19H20N2O4/c1-19(14-11-7-4-8-12-14)16(23)20(2)18(25)21(17(19)24)15(22)13-9-5-3-6-10-13/h3,5-6,9-11H,4,7-8,12H2,1-2H3/t19-/m1/s1. The van der Waals surface area contributed by atoms with E-state index in [1.165, 1.54) is 26.1 Å². The van der Waals surface area contributed by atoms with E-state index in [1.54, 1.807) is 18.2 Å². The van der Waals surface area contributed by atoms with Crippen molar-refractivity contribution in [3.8, 4) is 0 Å². The summed E-state index contributed by atoms with van der Waals surface area (Å²) in [6.45, 7) is 1.52. The normalized spacial score (nSPS) is 24.4. The Bertz CT molecular complexity index is 784. The molecule has 1 saturated heterocycles. The highest BCUT2D eigenvalue weighted by molar-refractivity contribution is 6.28. The summed E-state index contributed by atoms with van der Waals surface area (Å²) in [4.78, 5) is 52.6. The van der Waals surface area contributed by atoms with Crippen molar-refractivity contribution in [2.24, 2.45) is 5.41 Å². The van der Waals surface area contributed by atoms with Gasteiger partial charge in [0.2, 0.25) is 5.91 Å². The maximum absolute atomic E-state index is 13.1. The predicted octanol–water partition coefficient (Wildman–Crippen LogP) is 2.75. The lowest BCUT2D eigenvalue weighted by atomic mass is 9.73. The summed E-state index contributed by atoms with van der Waals surface area (Å²) >= 11 is 0. The Labute approximate surface area is 146 Å². The summed E-state index contributed by atoms with van der Waals surface area (Å²) < 4.78 is 0. The molecule has 1 aliphatic carbocycles. The first-order chi connectivity index (χ1) is 11.9. The fraction of sp³-hybridized carbons (Fsp3) is 0.368. The molecule has 1 aromatic carbocycles. The fourth-order valence-corrected chi connectivity index (χ4v) is 3.43. The molecule has 6 heteroatoms. The first-order valence-corrected chi connectivity index (χ1v) is 8.34. The average Bonchev–Trinajstić information content (AvgIpc) is 2.66. The number of benzene rings is 1. The van der Waals surface area contributed by atoms with Gasteiger partial charge in [-0.25, -0.2) is 4.79 Å². The summed E-state index contributed by atoms with van der Waals surface area (Å²) in [5.41, 5.74) is -0.584. The zero-order chi connectivity index (χ0) is 18.2. The van der Waals surface area contributed by atoms with Crippen molar-refractivity contribution in [3.05, 3.63) is 47.5 Å². The molecule has 1 fully saturated rings. The average molecular weight is 340 g/mol. The smallest absolute Gasteiger partial charge is 0.273 e. The van der Waals surface area contributed by atoms with Gasteiger partial charge in [0.05, 0.1) is 0 Å². The quantitative estimate of drug-likeness (QED) is 0.471. The summed E-state index contributed by atoms with van der Waals surface area (Å²) in [6, 6.07) is 7.22. The number of allylic oxidation sites excluding steroid dienone is 1. The number of barbiturate groups is 1. The summed E-state index contributed by atoms with van der Waals surface area (Å²) in [5, 5.41) is 0. The van der Waals surface area contributed by atoms with E-state index in [2.05, 4.69) is 0 Å². The van der Waals surface area contributed by atoms with Gasteiger partial charge in [-0.1, -0.05) is 24.3 Å². The number of hydrogen-bond acceptors (Lipinski definition) is 4. The van der Waals surface area contributed by atoms with Gasteiger partial charge >= 0.3 is 6.03 Å². The van der Waals surface area contributed by atoms with Crippen LogP contribution in [-0.2, 0) is 9.59 Å². The van der Waals surface area contributed by atoms with Gasteiger partial charge in [-0.15, -0.1) is 0 Å². The van der Waals surface area contributed by atoms with Crippen molar-refractivity contribution >= 4 is 23.8 Å². The van der Waals surface area contributed by atoms with E-state index in [-0.39, 0.29) is 5.56 Å². The van der Waals surface area contributed by atoms with Crippen molar-refractivity contribution in [2.75, 3.05) is 7.05 Å². The Morgan fingerprint density at radius 3 is 2.32 bits per heavy atom. The molecular formula is C19H20N2O4. The molecule has 130 valence electrons. The molecule has 0 bridgehead atoms. The molecule has 0 unspecified atom stereocenters. The molecule has 1 aliphatic heterocycles. The van der Waals surface area contributed by atoms with E-state index >= 15 is 0 Å². The molecule has 1 heterocycles. The topological polar surface area (TPSA) is 74.8 Å². The Kier molecular flexibility index (Phi) is 4.29. The van der Waals surface area contributed by atoms with Crippen LogP contribution in [0.3, 0.4) is 0 Å². The maximum atomic E-state index is 13.1. The number of nitrogens with zero attached hydrogens (tertiary/aromatic N) is 2. The highest BCUT2D eigenvalue weighted by atomic mass is 16.2. The molecule has 3 rings (SSSR count). The molecule has 0 saturated carbocycles. The van der Waals surface area contributed by atoms with Crippen LogP contribution in [0.1, 0.15) is 43.0 Å². The third-order valence-electron chi connectivity index (χ3n) is 5.00. The van der Waals surface area contributed by atoms with E-state index < -0.39 is 29.2 Å². The van der Waals surface area contributed by atoms with E-state index in [9.17, 15) is 19.2 Å². The molecule has 1 atom stereocenters. The largest absolute Gasteiger partial charge is 0.340 e. The molecule has 0 aromatic heterocycles. The van der Waals surface area contributed by atoms with Gasteiger partial charge < -0.3 is 0 Å². The van der Waals surface area contributed by atoms with E-state index in [0.717, 1.165) is 24.2 Å². The number of carbonyl (C=O) groups excluding carboxylic acids is 4. The molecule has 0 spiro atoms. The number of carbonyl (C=O) groups is 4. The van der Waals surface area contributed by atoms with Gasteiger partial charge in [-0.3, -0.25) is 19.3 Å². The van der Waals surface area contributed by atoms with Crippen LogP contribution >= 0.6 is 0 Å².